The molecule has 0 spiro atoms. The van der Waals surface area contributed by atoms with Crippen LogP contribution in [0.1, 0.15) is 44.6 Å². The molecule has 0 aromatic heterocycles. The lowest BCUT2D eigenvalue weighted by Gasteiger charge is -2.15. The van der Waals surface area contributed by atoms with Crippen molar-refractivity contribution in [3.63, 3.8) is 0 Å². The molecular weight excluding hydrogens is 196 g/mol. The topological polar surface area (TPSA) is 9.23 Å². The lowest BCUT2D eigenvalue weighted by Crippen LogP contribution is -1.98. The third-order valence-corrected chi connectivity index (χ3v) is 2.77. The molecule has 0 aliphatic rings. The molecule has 0 saturated carbocycles. The molecule has 0 N–H and O–H groups in total. The minimum atomic E-state index is 0.552. The van der Waals surface area contributed by atoms with Crippen molar-refractivity contribution in [2.45, 2.75) is 39.0 Å². The van der Waals surface area contributed by atoms with E-state index in [0.717, 1.165) is 25.0 Å². The fraction of sp³-hybridized carbons (Fsp3) is 0.467. The van der Waals surface area contributed by atoms with Gasteiger partial charge in [-0.1, -0.05) is 19.1 Å². The molecule has 1 aromatic rings. The molecule has 86 valence electrons. The van der Waals surface area contributed by atoms with Gasteiger partial charge in [0.2, 0.25) is 0 Å². The molecule has 0 bridgehead atoms. The van der Waals surface area contributed by atoms with Crippen LogP contribution in [0.25, 0.3) is 0 Å². The minimum Gasteiger partial charge on any atom is -0.494 e. The fourth-order valence-electron chi connectivity index (χ4n) is 1.89. The van der Waals surface area contributed by atoms with Crippen LogP contribution < -0.4 is 4.74 Å². The Labute approximate surface area is 98.8 Å². The summed E-state index contributed by atoms with van der Waals surface area (Å²) in [5, 5.41) is 0. The van der Waals surface area contributed by atoms with Gasteiger partial charge in [0.15, 0.2) is 0 Å². The Balaban J connectivity index is 2.75. The van der Waals surface area contributed by atoms with Gasteiger partial charge >= 0.3 is 0 Å². The maximum atomic E-state index is 5.51. The predicted octanol–water partition coefficient (Wildman–Crippen LogP) is 3.99. The summed E-state index contributed by atoms with van der Waals surface area (Å²) in [7, 11) is 0. The second-order valence-corrected chi connectivity index (χ2v) is 3.85. The first kappa shape index (κ1) is 12.6. The first-order valence-electron chi connectivity index (χ1n) is 5.98. The van der Waals surface area contributed by atoms with E-state index in [-0.39, 0.29) is 0 Å². The quantitative estimate of drug-likeness (QED) is 0.653. The maximum Gasteiger partial charge on any atom is 0.119 e. The average molecular weight is 216 g/mol. The molecule has 0 aliphatic heterocycles. The van der Waals surface area contributed by atoms with Crippen molar-refractivity contribution in [3.05, 3.63) is 29.8 Å². The van der Waals surface area contributed by atoms with Gasteiger partial charge in [-0.05, 0) is 43.4 Å². The summed E-state index contributed by atoms with van der Waals surface area (Å²) in [6, 6.07) is 8.35. The van der Waals surface area contributed by atoms with Crippen LogP contribution in [0.15, 0.2) is 24.3 Å². The van der Waals surface area contributed by atoms with E-state index in [1.807, 2.05) is 13.0 Å². The van der Waals surface area contributed by atoms with Gasteiger partial charge in [0.25, 0.3) is 0 Å². The Kier molecular flexibility index (Phi) is 5.50. The third kappa shape index (κ3) is 3.62. The Morgan fingerprint density at radius 3 is 2.81 bits per heavy atom. The highest BCUT2D eigenvalue weighted by Crippen LogP contribution is 2.27. The van der Waals surface area contributed by atoms with E-state index in [4.69, 9.17) is 11.2 Å². The van der Waals surface area contributed by atoms with Crippen molar-refractivity contribution >= 4 is 0 Å². The summed E-state index contributed by atoms with van der Waals surface area (Å²) in [4.78, 5) is 0. The molecule has 1 aromatic carbocycles. The van der Waals surface area contributed by atoms with E-state index in [2.05, 4.69) is 31.0 Å². The van der Waals surface area contributed by atoms with Gasteiger partial charge in [0, 0.05) is 6.42 Å². The van der Waals surface area contributed by atoms with E-state index in [1.54, 1.807) is 0 Å². The summed E-state index contributed by atoms with van der Waals surface area (Å²) < 4.78 is 5.51. The van der Waals surface area contributed by atoms with Gasteiger partial charge < -0.3 is 4.74 Å². The zero-order valence-corrected chi connectivity index (χ0v) is 10.2. The Morgan fingerprint density at radius 1 is 1.38 bits per heavy atom. The van der Waals surface area contributed by atoms with Gasteiger partial charge in [-0.2, -0.15) is 0 Å². The standard InChI is InChI=1S/C15H20O/c1-4-7-9-13(5-2)14-10-8-11-15(12-14)16-6-3/h1,8,10-13H,5-7,9H2,2-3H3. The summed E-state index contributed by atoms with van der Waals surface area (Å²) in [6.07, 6.45) is 8.34. The number of hydrogen-bond donors (Lipinski definition) is 0. The second-order valence-electron chi connectivity index (χ2n) is 3.85. The van der Waals surface area contributed by atoms with E-state index in [1.165, 1.54) is 5.56 Å². The summed E-state index contributed by atoms with van der Waals surface area (Å²) in [5.41, 5.74) is 1.34. The zero-order chi connectivity index (χ0) is 11.8. The molecule has 1 heteroatoms. The van der Waals surface area contributed by atoms with Gasteiger partial charge in [0.05, 0.1) is 6.61 Å². The molecule has 0 aliphatic carbocycles. The highest BCUT2D eigenvalue weighted by atomic mass is 16.5. The number of rotatable bonds is 6. The average Bonchev–Trinajstić information content (AvgIpc) is 2.31. The molecule has 0 fully saturated rings. The predicted molar refractivity (Wildman–Crippen MR) is 68.7 cm³/mol. The van der Waals surface area contributed by atoms with Crippen molar-refractivity contribution in [3.8, 4) is 18.1 Å². The van der Waals surface area contributed by atoms with Crippen LogP contribution in [-0.2, 0) is 0 Å². The normalized spacial score (nSPS) is 11.8. The van der Waals surface area contributed by atoms with Crippen molar-refractivity contribution in [1.82, 2.24) is 0 Å². The highest BCUT2D eigenvalue weighted by molar-refractivity contribution is 5.31. The van der Waals surface area contributed by atoms with E-state index >= 15 is 0 Å². The first-order chi connectivity index (χ1) is 7.81. The largest absolute Gasteiger partial charge is 0.494 e. The smallest absolute Gasteiger partial charge is 0.119 e. The highest BCUT2D eigenvalue weighted by Gasteiger charge is 2.09. The van der Waals surface area contributed by atoms with Gasteiger partial charge in [-0.3, -0.25) is 0 Å². The van der Waals surface area contributed by atoms with Crippen molar-refractivity contribution in [2.24, 2.45) is 0 Å². The number of benzene rings is 1. The number of ether oxygens (including phenoxy) is 1. The molecule has 16 heavy (non-hydrogen) atoms. The minimum absolute atomic E-state index is 0.552. The number of terminal acetylenes is 1. The molecule has 1 atom stereocenters. The second kappa shape index (κ2) is 6.95. The van der Waals surface area contributed by atoms with Gasteiger partial charge in [0.1, 0.15) is 5.75 Å². The van der Waals surface area contributed by atoms with Crippen LogP contribution in [0, 0.1) is 12.3 Å². The lowest BCUT2D eigenvalue weighted by atomic mass is 9.92. The van der Waals surface area contributed by atoms with Crippen LogP contribution in [0.2, 0.25) is 0 Å². The summed E-state index contributed by atoms with van der Waals surface area (Å²) in [6.45, 7) is 4.92. The monoisotopic (exact) mass is 216 g/mol. The van der Waals surface area contributed by atoms with Crippen molar-refractivity contribution in [1.29, 1.82) is 0 Å². The molecular formula is C15H20O. The molecule has 1 unspecified atom stereocenters. The van der Waals surface area contributed by atoms with Crippen LogP contribution in [0.5, 0.6) is 5.75 Å². The first-order valence-corrected chi connectivity index (χ1v) is 5.98. The van der Waals surface area contributed by atoms with Crippen LogP contribution in [-0.4, -0.2) is 6.61 Å². The van der Waals surface area contributed by atoms with E-state index < -0.39 is 0 Å². The number of hydrogen-bond acceptors (Lipinski definition) is 1. The van der Waals surface area contributed by atoms with Crippen molar-refractivity contribution in [2.75, 3.05) is 6.61 Å². The lowest BCUT2D eigenvalue weighted by molar-refractivity contribution is 0.339. The SMILES string of the molecule is C#CCCC(CC)c1cccc(OCC)c1. The van der Waals surface area contributed by atoms with Crippen LogP contribution in [0.3, 0.4) is 0 Å². The van der Waals surface area contributed by atoms with Gasteiger partial charge in [-0.15, -0.1) is 12.3 Å². The molecule has 0 heterocycles. The van der Waals surface area contributed by atoms with Crippen LogP contribution >= 0.6 is 0 Å². The fourth-order valence-corrected chi connectivity index (χ4v) is 1.89. The Morgan fingerprint density at radius 2 is 2.19 bits per heavy atom. The van der Waals surface area contributed by atoms with E-state index in [9.17, 15) is 0 Å². The maximum absolute atomic E-state index is 5.51. The summed E-state index contributed by atoms with van der Waals surface area (Å²) in [5.74, 6) is 4.22. The Bertz CT molecular complexity index is 349. The third-order valence-electron chi connectivity index (χ3n) is 2.77. The molecule has 0 saturated heterocycles. The zero-order valence-electron chi connectivity index (χ0n) is 10.2. The summed E-state index contributed by atoms with van der Waals surface area (Å²) >= 11 is 0. The molecule has 1 rings (SSSR count). The van der Waals surface area contributed by atoms with Crippen molar-refractivity contribution < 1.29 is 4.74 Å². The molecule has 0 amide bonds. The van der Waals surface area contributed by atoms with E-state index in [0.29, 0.717) is 12.5 Å². The Hall–Kier alpha value is -1.42. The van der Waals surface area contributed by atoms with Gasteiger partial charge in [-0.25, -0.2) is 0 Å². The molecule has 0 radical (unpaired) electrons. The molecule has 1 nitrogen and oxygen atoms in total. The van der Waals surface area contributed by atoms with Crippen LogP contribution in [0.4, 0.5) is 0 Å².